The lowest BCUT2D eigenvalue weighted by atomic mass is 10.0. The van der Waals surface area contributed by atoms with Gasteiger partial charge in [0.05, 0.1) is 12.6 Å². The fourth-order valence-electron chi connectivity index (χ4n) is 2.89. The maximum Gasteiger partial charge on any atom is 0.244 e. The van der Waals surface area contributed by atoms with Gasteiger partial charge in [-0.2, -0.15) is 5.10 Å². The van der Waals surface area contributed by atoms with E-state index >= 15 is 0 Å². The number of hydrogen-bond acceptors (Lipinski definition) is 3. The second kappa shape index (κ2) is 10.3. The molecule has 0 spiro atoms. The molecule has 30 heavy (non-hydrogen) atoms. The highest BCUT2D eigenvalue weighted by atomic mass is 35.5. The molecule has 0 aliphatic rings. The Morgan fingerprint density at radius 1 is 1.00 bits per heavy atom. The SMILES string of the molecule is Cc1ccc(CC(=O)N/N=C\c2ccc(OCc3ccc(Cl)cc3Cl)cc2)c(C)c1. The first-order valence-electron chi connectivity index (χ1n) is 9.45. The molecule has 3 aromatic carbocycles. The minimum atomic E-state index is -0.155. The summed E-state index contributed by atoms with van der Waals surface area (Å²) in [6, 6.07) is 18.7. The predicted octanol–water partition coefficient (Wildman–Crippen LogP) is 5.88. The number of carbonyl (C=O) groups excluding carboxylic acids is 1. The molecule has 0 aromatic heterocycles. The van der Waals surface area contributed by atoms with E-state index in [-0.39, 0.29) is 5.91 Å². The summed E-state index contributed by atoms with van der Waals surface area (Å²) in [7, 11) is 0. The molecular weight excluding hydrogens is 419 g/mol. The zero-order valence-corrected chi connectivity index (χ0v) is 18.3. The standard InChI is InChI=1S/C24H22Cl2N2O2/c1-16-3-6-19(17(2)11-16)12-24(29)28-27-14-18-4-9-22(10-5-18)30-15-20-7-8-21(25)13-23(20)26/h3-11,13-14H,12,15H2,1-2H3,(H,28,29)/b27-14-. The Morgan fingerprint density at radius 3 is 2.43 bits per heavy atom. The van der Waals surface area contributed by atoms with Gasteiger partial charge in [-0.05, 0) is 66.9 Å². The van der Waals surface area contributed by atoms with Gasteiger partial charge in [-0.3, -0.25) is 4.79 Å². The molecule has 1 N–H and O–H groups in total. The zero-order valence-electron chi connectivity index (χ0n) is 16.8. The van der Waals surface area contributed by atoms with Gasteiger partial charge in [-0.25, -0.2) is 5.43 Å². The second-order valence-electron chi connectivity index (χ2n) is 6.99. The van der Waals surface area contributed by atoms with Crippen LogP contribution in [-0.4, -0.2) is 12.1 Å². The average Bonchev–Trinajstić information content (AvgIpc) is 2.70. The highest BCUT2D eigenvalue weighted by Crippen LogP contribution is 2.22. The number of hydrogen-bond donors (Lipinski definition) is 1. The van der Waals surface area contributed by atoms with Crippen LogP contribution in [0.3, 0.4) is 0 Å². The smallest absolute Gasteiger partial charge is 0.244 e. The molecular formula is C24H22Cl2N2O2. The third-order valence-electron chi connectivity index (χ3n) is 4.54. The van der Waals surface area contributed by atoms with Gasteiger partial charge < -0.3 is 4.74 Å². The molecule has 0 unspecified atom stereocenters. The van der Waals surface area contributed by atoms with Crippen molar-refractivity contribution in [3.63, 3.8) is 0 Å². The van der Waals surface area contributed by atoms with E-state index in [0.717, 1.165) is 22.3 Å². The quantitative estimate of drug-likeness (QED) is 0.368. The van der Waals surface area contributed by atoms with Crippen molar-refractivity contribution in [1.29, 1.82) is 0 Å². The molecule has 0 radical (unpaired) electrons. The Morgan fingerprint density at radius 2 is 1.73 bits per heavy atom. The summed E-state index contributed by atoms with van der Waals surface area (Å²) in [4.78, 5) is 12.1. The van der Waals surface area contributed by atoms with E-state index < -0.39 is 0 Å². The van der Waals surface area contributed by atoms with Crippen molar-refractivity contribution in [3.8, 4) is 5.75 Å². The highest BCUT2D eigenvalue weighted by molar-refractivity contribution is 6.35. The van der Waals surface area contributed by atoms with Gasteiger partial charge >= 0.3 is 0 Å². The third kappa shape index (κ3) is 6.34. The van der Waals surface area contributed by atoms with Crippen molar-refractivity contribution < 1.29 is 9.53 Å². The van der Waals surface area contributed by atoms with Crippen molar-refractivity contribution >= 4 is 35.3 Å². The van der Waals surface area contributed by atoms with Gasteiger partial charge in [0.15, 0.2) is 0 Å². The summed E-state index contributed by atoms with van der Waals surface area (Å²) in [5, 5.41) is 5.20. The van der Waals surface area contributed by atoms with Crippen molar-refractivity contribution in [2.24, 2.45) is 5.10 Å². The van der Waals surface area contributed by atoms with Crippen LogP contribution in [0.25, 0.3) is 0 Å². The van der Waals surface area contributed by atoms with Gasteiger partial charge in [-0.15, -0.1) is 0 Å². The van der Waals surface area contributed by atoms with Gasteiger partial charge in [0.2, 0.25) is 5.91 Å². The molecule has 0 bridgehead atoms. The first kappa shape index (κ1) is 21.9. The highest BCUT2D eigenvalue weighted by Gasteiger charge is 2.05. The van der Waals surface area contributed by atoms with Gasteiger partial charge in [0.25, 0.3) is 0 Å². The Hall–Kier alpha value is -2.82. The number of carbonyl (C=O) groups is 1. The average molecular weight is 441 g/mol. The normalized spacial score (nSPS) is 10.9. The minimum absolute atomic E-state index is 0.155. The number of benzene rings is 3. The lowest BCUT2D eigenvalue weighted by Crippen LogP contribution is -2.20. The molecule has 3 rings (SSSR count). The largest absolute Gasteiger partial charge is 0.489 e. The summed E-state index contributed by atoms with van der Waals surface area (Å²) in [5.74, 6) is 0.551. The lowest BCUT2D eigenvalue weighted by Gasteiger charge is -2.08. The van der Waals surface area contributed by atoms with Crippen LogP contribution in [0.5, 0.6) is 5.75 Å². The predicted molar refractivity (Wildman–Crippen MR) is 123 cm³/mol. The summed E-state index contributed by atoms with van der Waals surface area (Å²) in [6.07, 6.45) is 1.89. The third-order valence-corrected chi connectivity index (χ3v) is 5.13. The van der Waals surface area contributed by atoms with E-state index in [1.807, 2.05) is 56.3 Å². The number of amides is 1. The molecule has 0 heterocycles. The summed E-state index contributed by atoms with van der Waals surface area (Å²) < 4.78 is 5.75. The number of aryl methyl sites for hydroxylation is 2. The summed E-state index contributed by atoms with van der Waals surface area (Å²) in [6.45, 7) is 4.38. The molecule has 0 aliphatic carbocycles. The second-order valence-corrected chi connectivity index (χ2v) is 7.84. The van der Waals surface area contributed by atoms with Crippen LogP contribution in [0.2, 0.25) is 10.0 Å². The Balaban J connectivity index is 1.49. The summed E-state index contributed by atoms with van der Waals surface area (Å²) >= 11 is 12.1. The first-order chi connectivity index (χ1) is 14.4. The number of rotatable bonds is 7. The number of halogens is 2. The first-order valence-corrected chi connectivity index (χ1v) is 10.2. The molecule has 0 saturated carbocycles. The van der Waals surface area contributed by atoms with Crippen LogP contribution in [0.1, 0.15) is 27.8 Å². The van der Waals surface area contributed by atoms with Crippen LogP contribution in [0.4, 0.5) is 0 Å². The zero-order chi connectivity index (χ0) is 21.5. The molecule has 1 amide bonds. The van der Waals surface area contributed by atoms with E-state index in [1.165, 1.54) is 5.56 Å². The van der Waals surface area contributed by atoms with E-state index in [9.17, 15) is 4.79 Å². The van der Waals surface area contributed by atoms with Crippen molar-refractivity contribution in [1.82, 2.24) is 5.43 Å². The molecule has 0 fully saturated rings. The molecule has 4 nitrogen and oxygen atoms in total. The van der Waals surface area contributed by atoms with Gasteiger partial charge in [0, 0.05) is 15.6 Å². The van der Waals surface area contributed by atoms with Gasteiger partial charge in [0.1, 0.15) is 12.4 Å². The molecule has 0 aliphatic heterocycles. The van der Waals surface area contributed by atoms with E-state index in [0.29, 0.717) is 28.8 Å². The van der Waals surface area contributed by atoms with Crippen LogP contribution in [0.15, 0.2) is 65.8 Å². The molecule has 0 atom stereocenters. The van der Waals surface area contributed by atoms with Crippen molar-refractivity contribution in [2.75, 3.05) is 0 Å². The van der Waals surface area contributed by atoms with Crippen LogP contribution in [0, 0.1) is 13.8 Å². The van der Waals surface area contributed by atoms with Crippen LogP contribution in [-0.2, 0) is 17.8 Å². The number of hydrazone groups is 1. The Labute approximate surface area is 186 Å². The lowest BCUT2D eigenvalue weighted by molar-refractivity contribution is -0.120. The maximum atomic E-state index is 12.1. The molecule has 6 heteroatoms. The number of nitrogens with one attached hydrogen (secondary N) is 1. The Kier molecular flexibility index (Phi) is 7.50. The Bertz CT molecular complexity index is 1060. The van der Waals surface area contributed by atoms with E-state index in [1.54, 1.807) is 18.3 Å². The van der Waals surface area contributed by atoms with E-state index in [4.69, 9.17) is 27.9 Å². The maximum absolute atomic E-state index is 12.1. The van der Waals surface area contributed by atoms with Gasteiger partial charge in [-0.1, -0.05) is 53.0 Å². The van der Waals surface area contributed by atoms with E-state index in [2.05, 4.69) is 16.6 Å². The van der Waals surface area contributed by atoms with Crippen molar-refractivity contribution in [3.05, 3.63) is 98.5 Å². The fraction of sp³-hybridized carbons (Fsp3) is 0.167. The number of nitrogens with zero attached hydrogens (tertiary/aromatic N) is 1. The summed E-state index contributed by atoms with van der Waals surface area (Å²) in [5.41, 5.74) is 7.55. The monoisotopic (exact) mass is 440 g/mol. The number of ether oxygens (including phenoxy) is 1. The van der Waals surface area contributed by atoms with Crippen molar-refractivity contribution in [2.45, 2.75) is 26.9 Å². The van der Waals surface area contributed by atoms with Crippen LogP contribution >= 0.6 is 23.2 Å². The fourth-order valence-corrected chi connectivity index (χ4v) is 3.35. The molecule has 0 saturated heterocycles. The topological polar surface area (TPSA) is 50.7 Å². The minimum Gasteiger partial charge on any atom is -0.489 e. The molecule has 154 valence electrons. The molecule has 3 aromatic rings. The van der Waals surface area contributed by atoms with Crippen LogP contribution < -0.4 is 10.2 Å².